The Bertz CT molecular complexity index is 1270. The van der Waals surface area contributed by atoms with Crippen LogP contribution in [0, 0.1) is 5.82 Å². The molecule has 6 rings (SSSR count). The maximum absolute atomic E-state index is 14.2. The van der Waals surface area contributed by atoms with Crippen molar-refractivity contribution in [1.29, 1.82) is 0 Å². The van der Waals surface area contributed by atoms with Crippen molar-refractivity contribution in [3.05, 3.63) is 58.0 Å². The maximum Gasteiger partial charge on any atom is 0.251 e. The van der Waals surface area contributed by atoms with E-state index in [0.29, 0.717) is 23.6 Å². The highest BCUT2D eigenvalue weighted by atomic mass is 19.1. The molecule has 8 nitrogen and oxygen atoms in total. The molecule has 0 radical (unpaired) electrons. The first-order chi connectivity index (χ1) is 16.7. The van der Waals surface area contributed by atoms with Crippen molar-refractivity contribution in [3.8, 4) is 11.5 Å². The van der Waals surface area contributed by atoms with Crippen LogP contribution in [0.4, 0.5) is 4.39 Å². The number of rotatable bonds is 5. The van der Waals surface area contributed by atoms with Crippen molar-refractivity contribution in [2.24, 2.45) is 0 Å². The van der Waals surface area contributed by atoms with Gasteiger partial charge < -0.3 is 19.7 Å². The van der Waals surface area contributed by atoms with Crippen LogP contribution in [-0.4, -0.2) is 58.3 Å². The summed E-state index contributed by atoms with van der Waals surface area (Å²) in [4.78, 5) is 23.7. The number of hydrogen-bond donors (Lipinski definition) is 1. The number of hydrogen-bond acceptors (Lipinski definition) is 7. The third kappa shape index (κ3) is 4.03. The van der Waals surface area contributed by atoms with E-state index in [1.807, 2.05) is 6.20 Å². The first-order valence-electron chi connectivity index (χ1n) is 12.0. The number of piperidine rings is 1. The van der Waals surface area contributed by atoms with Crippen molar-refractivity contribution in [2.45, 2.75) is 44.3 Å². The summed E-state index contributed by atoms with van der Waals surface area (Å²) in [5.41, 5.74) is 3.20. The van der Waals surface area contributed by atoms with Crippen LogP contribution in [0.3, 0.4) is 0 Å². The van der Waals surface area contributed by atoms with Crippen LogP contribution in [-0.2, 0) is 13.0 Å². The minimum absolute atomic E-state index is 0.129. The molecule has 0 aromatic carbocycles. The van der Waals surface area contributed by atoms with E-state index in [0.717, 1.165) is 69.6 Å². The van der Waals surface area contributed by atoms with E-state index in [-0.39, 0.29) is 24.0 Å². The summed E-state index contributed by atoms with van der Waals surface area (Å²) in [6.45, 7) is 4.35. The van der Waals surface area contributed by atoms with E-state index in [4.69, 9.17) is 9.47 Å². The molecule has 0 spiro atoms. The summed E-state index contributed by atoms with van der Waals surface area (Å²) >= 11 is 0. The molecule has 6 heterocycles. The number of ether oxygens (including phenoxy) is 2. The number of nitrogens with one attached hydrogen (secondary N) is 1. The number of aryl methyl sites for hydroxylation is 1. The Kier molecular flexibility index (Phi) is 5.66. The van der Waals surface area contributed by atoms with Gasteiger partial charge in [-0.05, 0) is 56.5 Å². The van der Waals surface area contributed by atoms with Gasteiger partial charge in [0.1, 0.15) is 17.9 Å². The van der Waals surface area contributed by atoms with Gasteiger partial charge in [0.25, 0.3) is 5.56 Å². The highest BCUT2D eigenvalue weighted by Gasteiger charge is 2.29. The van der Waals surface area contributed by atoms with Gasteiger partial charge in [0.2, 0.25) is 0 Å². The highest BCUT2D eigenvalue weighted by Crippen LogP contribution is 2.33. The van der Waals surface area contributed by atoms with Gasteiger partial charge in [-0.15, -0.1) is 0 Å². The Hall–Kier alpha value is -3.04. The average Bonchev–Trinajstić information content (AvgIpc) is 2.87. The Labute approximate surface area is 196 Å². The van der Waals surface area contributed by atoms with Crippen LogP contribution < -0.4 is 20.3 Å². The third-order valence-electron chi connectivity index (χ3n) is 7.12. The van der Waals surface area contributed by atoms with Gasteiger partial charge in [-0.25, -0.2) is 4.39 Å². The summed E-state index contributed by atoms with van der Waals surface area (Å²) in [6.07, 6.45) is 7.16. The number of pyridine rings is 3. The second kappa shape index (κ2) is 8.96. The fourth-order valence-electron chi connectivity index (χ4n) is 5.33. The zero-order valence-electron chi connectivity index (χ0n) is 19.0. The van der Waals surface area contributed by atoms with E-state index in [1.165, 1.54) is 11.6 Å². The summed E-state index contributed by atoms with van der Waals surface area (Å²) < 4.78 is 27.3. The molecule has 34 heavy (non-hydrogen) atoms. The molecule has 1 N–H and O–H groups in total. The fourth-order valence-corrected chi connectivity index (χ4v) is 5.33. The van der Waals surface area contributed by atoms with Crippen LogP contribution in [0.25, 0.3) is 11.0 Å². The van der Waals surface area contributed by atoms with Gasteiger partial charge in [-0.2, -0.15) is 0 Å². The predicted molar refractivity (Wildman–Crippen MR) is 125 cm³/mol. The Morgan fingerprint density at radius 2 is 2.03 bits per heavy atom. The predicted octanol–water partition coefficient (Wildman–Crippen LogP) is 2.44. The number of likely N-dealkylation sites (tertiary alicyclic amines) is 1. The zero-order chi connectivity index (χ0) is 23.1. The van der Waals surface area contributed by atoms with Crippen LogP contribution in [0.2, 0.25) is 0 Å². The van der Waals surface area contributed by atoms with Gasteiger partial charge in [0.15, 0.2) is 11.6 Å². The Morgan fingerprint density at radius 1 is 1.15 bits per heavy atom. The van der Waals surface area contributed by atoms with E-state index < -0.39 is 5.82 Å². The molecule has 178 valence electrons. The number of halogens is 1. The van der Waals surface area contributed by atoms with Gasteiger partial charge in [-0.3, -0.25) is 19.3 Å². The smallest absolute Gasteiger partial charge is 0.251 e. The quantitative estimate of drug-likeness (QED) is 0.620. The monoisotopic (exact) mass is 465 g/mol. The van der Waals surface area contributed by atoms with Gasteiger partial charge in [-0.1, -0.05) is 0 Å². The third-order valence-corrected chi connectivity index (χ3v) is 7.12. The standard InChI is InChI=1S/C25H28FN5O3/c26-20-12-29-21-3-4-23(32)31-19(15-34-25(20)24(21)31)14-30-7-5-17(6-8-30)27-11-18-10-16-2-1-9-33-22(16)13-28-18/h3-4,10,12-13,17,19,27H,1-2,5-9,11,14-15H2/t19-/m1/s1. The van der Waals surface area contributed by atoms with Crippen LogP contribution in [0.15, 0.2) is 35.4 Å². The van der Waals surface area contributed by atoms with Crippen LogP contribution >= 0.6 is 0 Å². The molecule has 9 heteroatoms. The Balaban J connectivity index is 1.07. The Morgan fingerprint density at radius 3 is 2.91 bits per heavy atom. The number of nitrogens with zero attached hydrogens (tertiary/aromatic N) is 4. The lowest BCUT2D eigenvalue weighted by Gasteiger charge is -2.36. The molecule has 1 atom stereocenters. The summed E-state index contributed by atoms with van der Waals surface area (Å²) in [6, 6.07) is 5.56. The number of aromatic nitrogens is 3. The minimum atomic E-state index is -0.530. The lowest BCUT2D eigenvalue weighted by Crippen LogP contribution is -2.46. The first kappa shape index (κ1) is 21.5. The molecule has 1 saturated heterocycles. The van der Waals surface area contributed by atoms with Crippen LogP contribution in [0.5, 0.6) is 11.5 Å². The van der Waals surface area contributed by atoms with Crippen molar-refractivity contribution in [2.75, 3.05) is 32.8 Å². The maximum atomic E-state index is 14.2. The SMILES string of the molecule is O=c1ccc2ncc(F)c3c2n1[C@H](CN1CCC(NCc2cc4c(cn2)OCCC4)CC1)CO3. The summed E-state index contributed by atoms with van der Waals surface area (Å²) in [5.74, 6) is 0.522. The van der Waals surface area contributed by atoms with Gasteiger partial charge >= 0.3 is 0 Å². The molecule has 0 bridgehead atoms. The van der Waals surface area contributed by atoms with Gasteiger partial charge in [0.05, 0.1) is 36.3 Å². The van der Waals surface area contributed by atoms with Gasteiger partial charge in [0, 0.05) is 25.2 Å². The largest absolute Gasteiger partial charge is 0.492 e. The van der Waals surface area contributed by atoms with E-state index in [1.54, 1.807) is 10.6 Å². The van der Waals surface area contributed by atoms with Crippen molar-refractivity contribution in [1.82, 2.24) is 24.8 Å². The first-order valence-corrected chi connectivity index (χ1v) is 12.0. The molecule has 0 aliphatic carbocycles. The van der Waals surface area contributed by atoms with E-state index >= 15 is 0 Å². The molecule has 3 aliphatic rings. The lowest BCUT2D eigenvalue weighted by atomic mass is 10.0. The topological polar surface area (TPSA) is 81.5 Å². The summed E-state index contributed by atoms with van der Waals surface area (Å²) in [5, 5.41) is 3.65. The van der Waals surface area contributed by atoms with Crippen molar-refractivity contribution >= 4 is 11.0 Å². The molecule has 1 fully saturated rings. The second-order valence-electron chi connectivity index (χ2n) is 9.37. The normalized spacial score (nSPS) is 20.6. The molecular formula is C25H28FN5O3. The van der Waals surface area contributed by atoms with Crippen LogP contribution in [0.1, 0.15) is 36.6 Å². The fraction of sp³-hybridized carbons (Fsp3) is 0.480. The van der Waals surface area contributed by atoms with Crippen molar-refractivity contribution in [3.63, 3.8) is 0 Å². The van der Waals surface area contributed by atoms with Crippen molar-refractivity contribution < 1.29 is 13.9 Å². The second-order valence-corrected chi connectivity index (χ2v) is 9.37. The van der Waals surface area contributed by atoms with E-state index in [2.05, 4.69) is 26.3 Å². The molecule has 3 aliphatic heterocycles. The molecular weight excluding hydrogens is 437 g/mol. The minimum Gasteiger partial charge on any atom is -0.492 e. The van der Waals surface area contributed by atoms with E-state index in [9.17, 15) is 9.18 Å². The average molecular weight is 466 g/mol. The molecule has 3 aromatic heterocycles. The highest BCUT2D eigenvalue weighted by molar-refractivity contribution is 5.82. The molecule has 0 saturated carbocycles. The number of fused-ring (bicyclic) bond motifs is 1. The molecule has 0 amide bonds. The molecule has 3 aromatic rings. The molecule has 0 unspecified atom stereocenters. The zero-order valence-corrected chi connectivity index (χ0v) is 19.0. The summed E-state index contributed by atoms with van der Waals surface area (Å²) in [7, 11) is 0. The lowest BCUT2D eigenvalue weighted by molar-refractivity contribution is 0.137.